The molecule has 1 nitrogen and oxygen atoms in total. The van der Waals surface area contributed by atoms with Gasteiger partial charge in [0.05, 0.1) is 6.10 Å². The summed E-state index contributed by atoms with van der Waals surface area (Å²) in [6.45, 7) is 9.55. The van der Waals surface area contributed by atoms with Crippen molar-refractivity contribution in [1.29, 1.82) is 0 Å². The molecular formula is C14H22OS. The molecule has 16 heavy (non-hydrogen) atoms. The second kappa shape index (κ2) is 6.31. The highest BCUT2D eigenvalue weighted by Crippen LogP contribution is 2.27. The van der Waals surface area contributed by atoms with E-state index in [2.05, 4.69) is 52.5 Å². The van der Waals surface area contributed by atoms with Crippen LogP contribution in [0.1, 0.15) is 39.4 Å². The van der Waals surface area contributed by atoms with Crippen molar-refractivity contribution >= 4 is 12.6 Å². The molecule has 0 amide bonds. The standard InChI is InChI=1S/C14H22OS/c1-10(2)9-15-14(11(3)4)12-5-7-13(16)8-6-12/h5-8,10-11,14,16H,9H2,1-4H3. The van der Waals surface area contributed by atoms with E-state index in [4.69, 9.17) is 4.74 Å². The zero-order chi connectivity index (χ0) is 12.1. The second-order valence-electron chi connectivity index (χ2n) is 4.98. The summed E-state index contributed by atoms with van der Waals surface area (Å²) in [6.07, 6.45) is 0.191. The van der Waals surface area contributed by atoms with Gasteiger partial charge in [0.15, 0.2) is 0 Å². The summed E-state index contributed by atoms with van der Waals surface area (Å²) in [5.41, 5.74) is 1.24. The number of hydrogen-bond donors (Lipinski definition) is 1. The lowest BCUT2D eigenvalue weighted by Crippen LogP contribution is -2.14. The van der Waals surface area contributed by atoms with Crippen LogP contribution in [0.5, 0.6) is 0 Å². The van der Waals surface area contributed by atoms with Crippen LogP contribution in [0.2, 0.25) is 0 Å². The minimum atomic E-state index is 0.191. The first-order chi connectivity index (χ1) is 7.50. The minimum Gasteiger partial charge on any atom is -0.373 e. The fraction of sp³-hybridized carbons (Fsp3) is 0.571. The van der Waals surface area contributed by atoms with Crippen LogP contribution >= 0.6 is 12.6 Å². The fourth-order valence-electron chi connectivity index (χ4n) is 1.63. The van der Waals surface area contributed by atoms with Gasteiger partial charge >= 0.3 is 0 Å². The highest BCUT2D eigenvalue weighted by atomic mass is 32.1. The van der Waals surface area contributed by atoms with Crippen LogP contribution in [0.25, 0.3) is 0 Å². The fourth-order valence-corrected chi connectivity index (χ4v) is 1.78. The van der Waals surface area contributed by atoms with Crippen molar-refractivity contribution in [2.24, 2.45) is 11.8 Å². The molecule has 0 N–H and O–H groups in total. The van der Waals surface area contributed by atoms with Gasteiger partial charge in [0, 0.05) is 11.5 Å². The summed E-state index contributed by atoms with van der Waals surface area (Å²) in [7, 11) is 0. The first-order valence-electron chi connectivity index (χ1n) is 5.91. The minimum absolute atomic E-state index is 0.191. The molecule has 0 saturated heterocycles. The predicted molar refractivity (Wildman–Crippen MR) is 72.1 cm³/mol. The van der Waals surface area contributed by atoms with Crippen molar-refractivity contribution in [2.45, 2.75) is 38.7 Å². The molecule has 0 aliphatic heterocycles. The van der Waals surface area contributed by atoms with E-state index in [1.165, 1.54) is 5.56 Å². The number of ether oxygens (including phenoxy) is 1. The molecule has 0 aliphatic rings. The maximum Gasteiger partial charge on any atom is 0.0847 e. The van der Waals surface area contributed by atoms with Crippen molar-refractivity contribution in [2.75, 3.05) is 6.61 Å². The molecule has 1 aromatic rings. The zero-order valence-electron chi connectivity index (χ0n) is 10.6. The van der Waals surface area contributed by atoms with Gasteiger partial charge in [-0.1, -0.05) is 39.8 Å². The Balaban J connectivity index is 2.73. The lowest BCUT2D eigenvalue weighted by molar-refractivity contribution is 0.00612. The van der Waals surface area contributed by atoms with E-state index in [1.807, 2.05) is 12.1 Å². The lowest BCUT2D eigenvalue weighted by atomic mass is 9.99. The van der Waals surface area contributed by atoms with Crippen molar-refractivity contribution in [3.05, 3.63) is 29.8 Å². The molecule has 0 spiro atoms. The third-order valence-electron chi connectivity index (χ3n) is 2.44. The van der Waals surface area contributed by atoms with Gasteiger partial charge in [-0.15, -0.1) is 12.6 Å². The lowest BCUT2D eigenvalue weighted by Gasteiger charge is -2.23. The first-order valence-corrected chi connectivity index (χ1v) is 6.36. The Morgan fingerprint density at radius 3 is 2.06 bits per heavy atom. The SMILES string of the molecule is CC(C)COC(c1ccc(S)cc1)C(C)C. The number of thiol groups is 1. The maximum absolute atomic E-state index is 5.97. The number of rotatable bonds is 5. The van der Waals surface area contributed by atoms with Gasteiger partial charge in [0.2, 0.25) is 0 Å². The summed E-state index contributed by atoms with van der Waals surface area (Å²) < 4.78 is 5.97. The van der Waals surface area contributed by atoms with Crippen LogP contribution in [-0.4, -0.2) is 6.61 Å². The average Bonchev–Trinajstić information content (AvgIpc) is 2.20. The van der Waals surface area contributed by atoms with Gasteiger partial charge in [0.1, 0.15) is 0 Å². The quantitative estimate of drug-likeness (QED) is 0.751. The smallest absolute Gasteiger partial charge is 0.0847 e. The molecule has 0 radical (unpaired) electrons. The molecular weight excluding hydrogens is 216 g/mol. The van der Waals surface area contributed by atoms with Gasteiger partial charge in [-0.3, -0.25) is 0 Å². The molecule has 90 valence electrons. The van der Waals surface area contributed by atoms with Gasteiger partial charge in [-0.2, -0.15) is 0 Å². The zero-order valence-corrected chi connectivity index (χ0v) is 11.5. The van der Waals surface area contributed by atoms with E-state index in [0.29, 0.717) is 11.8 Å². The largest absolute Gasteiger partial charge is 0.373 e. The van der Waals surface area contributed by atoms with Gasteiger partial charge in [0.25, 0.3) is 0 Å². The molecule has 0 heterocycles. The van der Waals surface area contributed by atoms with Crippen molar-refractivity contribution < 1.29 is 4.74 Å². The molecule has 0 aliphatic carbocycles. The van der Waals surface area contributed by atoms with Crippen LogP contribution in [0.15, 0.2) is 29.2 Å². The molecule has 0 fully saturated rings. The van der Waals surface area contributed by atoms with Crippen LogP contribution in [0.4, 0.5) is 0 Å². The molecule has 1 atom stereocenters. The molecule has 0 saturated carbocycles. The molecule has 0 aromatic heterocycles. The van der Waals surface area contributed by atoms with Crippen molar-refractivity contribution in [3.8, 4) is 0 Å². The van der Waals surface area contributed by atoms with E-state index in [1.54, 1.807) is 0 Å². The highest BCUT2D eigenvalue weighted by molar-refractivity contribution is 7.80. The predicted octanol–water partition coefficient (Wildman–Crippen LogP) is 4.35. The van der Waals surface area contributed by atoms with E-state index in [-0.39, 0.29) is 6.10 Å². The van der Waals surface area contributed by atoms with Crippen molar-refractivity contribution in [1.82, 2.24) is 0 Å². The van der Waals surface area contributed by atoms with E-state index in [0.717, 1.165) is 11.5 Å². The number of benzene rings is 1. The first kappa shape index (κ1) is 13.6. The summed E-state index contributed by atoms with van der Waals surface area (Å²) in [5.74, 6) is 1.06. The van der Waals surface area contributed by atoms with E-state index >= 15 is 0 Å². The molecule has 1 unspecified atom stereocenters. The summed E-state index contributed by atoms with van der Waals surface area (Å²) in [6, 6.07) is 8.25. The van der Waals surface area contributed by atoms with Crippen LogP contribution in [0.3, 0.4) is 0 Å². The third kappa shape index (κ3) is 4.18. The van der Waals surface area contributed by atoms with Crippen LogP contribution in [-0.2, 0) is 4.74 Å². The van der Waals surface area contributed by atoms with Crippen molar-refractivity contribution in [3.63, 3.8) is 0 Å². The molecule has 2 heteroatoms. The van der Waals surface area contributed by atoms with Gasteiger partial charge in [-0.25, -0.2) is 0 Å². The molecule has 0 bridgehead atoms. The normalized spacial score (nSPS) is 13.4. The summed E-state index contributed by atoms with van der Waals surface area (Å²) >= 11 is 4.30. The average molecular weight is 238 g/mol. The Kier molecular flexibility index (Phi) is 5.36. The van der Waals surface area contributed by atoms with Crippen LogP contribution in [0, 0.1) is 11.8 Å². The van der Waals surface area contributed by atoms with Gasteiger partial charge < -0.3 is 4.74 Å². The monoisotopic (exact) mass is 238 g/mol. The molecule has 1 rings (SSSR count). The van der Waals surface area contributed by atoms with E-state index in [9.17, 15) is 0 Å². The summed E-state index contributed by atoms with van der Waals surface area (Å²) in [5, 5.41) is 0. The Labute approximate surface area is 105 Å². The molecule has 1 aromatic carbocycles. The summed E-state index contributed by atoms with van der Waals surface area (Å²) in [4.78, 5) is 0.995. The Hall–Kier alpha value is -0.470. The van der Waals surface area contributed by atoms with Crippen LogP contribution < -0.4 is 0 Å². The Morgan fingerprint density at radius 1 is 1.06 bits per heavy atom. The Bertz CT molecular complexity index is 303. The van der Waals surface area contributed by atoms with Gasteiger partial charge in [-0.05, 0) is 29.5 Å². The topological polar surface area (TPSA) is 9.23 Å². The third-order valence-corrected chi connectivity index (χ3v) is 2.73. The number of hydrogen-bond acceptors (Lipinski definition) is 2. The maximum atomic E-state index is 5.97. The van der Waals surface area contributed by atoms with E-state index < -0.39 is 0 Å². The second-order valence-corrected chi connectivity index (χ2v) is 5.50. The Morgan fingerprint density at radius 2 is 1.62 bits per heavy atom. The highest BCUT2D eigenvalue weighted by Gasteiger charge is 2.16.